The van der Waals surface area contributed by atoms with E-state index >= 15 is 0 Å². The van der Waals surface area contributed by atoms with E-state index in [0.717, 1.165) is 78.9 Å². The number of aliphatic imine (C=N–C) groups is 1. The van der Waals surface area contributed by atoms with Gasteiger partial charge in [0.25, 0.3) is 0 Å². The second-order valence-electron chi connectivity index (χ2n) is 12.1. The molecular weight excluding hydrogens is 582 g/mol. The normalized spacial score (nSPS) is 16.7. The Morgan fingerprint density at radius 2 is 1.43 bits per heavy atom. The quantitative estimate of drug-likeness (QED) is 0.246. The van der Waals surface area contributed by atoms with Crippen molar-refractivity contribution in [1.82, 2.24) is 20.0 Å². The molecule has 9 heteroatoms. The molecule has 0 radical (unpaired) electrons. The summed E-state index contributed by atoms with van der Waals surface area (Å²) in [6, 6.07) is 28.6. The highest BCUT2D eigenvalue weighted by Gasteiger charge is 2.36. The van der Waals surface area contributed by atoms with Crippen LogP contribution < -0.4 is 10.2 Å². The van der Waals surface area contributed by atoms with Crippen molar-refractivity contribution in [2.45, 2.75) is 19.0 Å². The lowest BCUT2D eigenvalue weighted by molar-refractivity contribution is -0.121. The van der Waals surface area contributed by atoms with Gasteiger partial charge in [-0.15, -0.1) is 0 Å². The minimum absolute atomic E-state index is 0.105. The zero-order valence-electron chi connectivity index (χ0n) is 26.4. The van der Waals surface area contributed by atoms with Crippen LogP contribution in [-0.4, -0.2) is 79.9 Å². The van der Waals surface area contributed by atoms with Crippen LogP contribution in [0.2, 0.25) is 0 Å². The lowest BCUT2D eigenvalue weighted by atomic mass is 9.96. The molecular formula is C37H40F2N6O. The van der Waals surface area contributed by atoms with Crippen LogP contribution in [0.1, 0.15) is 23.6 Å². The van der Waals surface area contributed by atoms with Crippen molar-refractivity contribution in [1.29, 1.82) is 0 Å². The number of guanidine groups is 1. The predicted molar refractivity (Wildman–Crippen MR) is 180 cm³/mol. The first kappa shape index (κ1) is 31.4. The molecule has 2 heterocycles. The molecule has 238 valence electrons. The molecule has 4 aromatic carbocycles. The molecule has 0 spiro atoms. The Kier molecular flexibility index (Phi) is 9.71. The van der Waals surface area contributed by atoms with Gasteiger partial charge in [0, 0.05) is 57.1 Å². The first-order valence-electron chi connectivity index (χ1n) is 15.8. The first-order valence-corrected chi connectivity index (χ1v) is 15.8. The van der Waals surface area contributed by atoms with E-state index in [9.17, 15) is 13.6 Å². The number of amides is 1. The molecule has 0 aliphatic carbocycles. The highest BCUT2D eigenvalue weighted by Crippen LogP contribution is 2.41. The average Bonchev–Trinajstić information content (AvgIpc) is 3.07. The fourth-order valence-electron chi connectivity index (χ4n) is 6.05. The minimum Gasteiger partial charge on any atom is -0.352 e. The van der Waals surface area contributed by atoms with Crippen LogP contribution in [0, 0.1) is 11.6 Å². The number of hydrogen-bond donors (Lipinski definition) is 1. The monoisotopic (exact) mass is 622 g/mol. The standard InChI is InChI=1S/C37H40F2N6O/c1-42(2)19-20-43-21-23-44(24-22-43)37-41-34-6-4-3-5-33(34)35(25-36(46)40-26-27-7-13-30(38)14-8-27)45(37)32-17-11-29(12-18-32)28-9-15-31(39)16-10-28/h3-18,35H,19-26H2,1-2H3,(H,40,46). The molecule has 1 N–H and O–H groups in total. The van der Waals surface area contributed by atoms with Crippen LogP contribution in [0.15, 0.2) is 102 Å². The van der Waals surface area contributed by atoms with Gasteiger partial charge in [-0.05, 0) is 73.3 Å². The van der Waals surface area contributed by atoms with Gasteiger partial charge in [0.2, 0.25) is 11.9 Å². The third kappa shape index (κ3) is 7.43. The number of benzene rings is 4. The molecule has 1 amide bonds. The number of hydrogen-bond acceptors (Lipinski definition) is 6. The maximum absolute atomic E-state index is 13.6. The van der Waals surface area contributed by atoms with Crippen molar-refractivity contribution in [3.63, 3.8) is 0 Å². The number of anilines is 1. The predicted octanol–water partition coefficient (Wildman–Crippen LogP) is 6.07. The maximum Gasteiger partial charge on any atom is 0.222 e. The molecule has 2 aliphatic rings. The largest absolute Gasteiger partial charge is 0.352 e. The Labute approximate surface area is 269 Å². The Hall–Kier alpha value is -4.60. The van der Waals surface area contributed by atoms with Crippen molar-refractivity contribution in [3.05, 3.63) is 120 Å². The molecule has 1 fully saturated rings. The van der Waals surface area contributed by atoms with E-state index in [1.807, 2.05) is 36.4 Å². The van der Waals surface area contributed by atoms with Crippen LogP contribution >= 0.6 is 0 Å². The van der Waals surface area contributed by atoms with Gasteiger partial charge in [-0.1, -0.05) is 54.6 Å². The van der Waals surface area contributed by atoms with Gasteiger partial charge in [0.05, 0.1) is 18.2 Å². The highest BCUT2D eigenvalue weighted by atomic mass is 19.1. The summed E-state index contributed by atoms with van der Waals surface area (Å²) in [4.78, 5) is 28.0. The molecule has 2 aliphatic heterocycles. The molecule has 0 aromatic heterocycles. The van der Waals surface area contributed by atoms with E-state index in [1.54, 1.807) is 24.3 Å². The second-order valence-corrected chi connectivity index (χ2v) is 12.1. The van der Waals surface area contributed by atoms with E-state index in [4.69, 9.17) is 4.99 Å². The number of nitrogens with zero attached hydrogens (tertiary/aromatic N) is 5. The summed E-state index contributed by atoms with van der Waals surface area (Å²) in [5.74, 6) is 0.152. The van der Waals surface area contributed by atoms with Crippen LogP contribution in [0.3, 0.4) is 0 Å². The molecule has 1 unspecified atom stereocenters. The molecule has 46 heavy (non-hydrogen) atoms. The number of nitrogens with one attached hydrogen (secondary N) is 1. The second kappa shape index (κ2) is 14.2. The van der Waals surface area contributed by atoms with Crippen molar-refractivity contribution >= 4 is 23.2 Å². The number of carbonyl (C=O) groups is 1. The molecule has 6 rings (SSSR count). The van der Waals surface area contributed by atoms with Gasteiger partial charge in [-0.2, -0.15) is 0 Å². The lowest BCUT2D eigenvalue weighted by Gasteiger charge is -2.45. The highest BCUT2D eigenvalue weighted by molar-refractivity contribution is 6.01. The summed E-state index contributed by atoms with van der Waals surface area (Å²) < 4.78 is 27.0. The number of halogens is 2. The maximum atomic E-state index is 13.6. The molecule has 0 saturated carbocycles. The lowest BCUT2D eigenvalue weighted by Crippen LogP contribution is -2.56. The number of piperazine rings is 1. The molecule has 0 bridgehead atoms. The van der Waals surface area contributed by atoms with Crippen LogP contribution in [0.25, 0.3) is 11.1 Å². The van der Waals surface area contributed by atoms with Gasteiger partial charge in [0.15, 0.2) is 0 Å². The van der Waals surface area contributed by atoms with Gasteiger partial charge < -0.3 is 20.0 Å². The fraction of sp³-hybridized carbons (Fsp3) is 0.297. The summed E-state index contributed by atoms with van der Waals surface area (Å²) in [5.41, 5.74) is 5.50. The Morgan fingerprint density at radius 3 is 2.09 bits per heavy atom. The molecule has 1 saturated heterocycles. The Bertz CT molecular complexity index is 1650. The number of fused-ring (bicyclic) bond motifs is 1. The number of rotatable bonds is 9. The molecule has 4 aromatic rings. The third-order valence-electron chi connectivity index (χ3n) is 8.67. The van der Waals surface area contributed by atoms with Crippen LogP contribution in [0.4, 0.5) is 20.2 Å². The Balaban J connectivity index is 1.30. The average molecular weight is 623 g/mol. The summed E-state index contributed by atoms with van der Waals surface area (Å²) in [6.07, 6.45) is 0.208. The fourth-order valence-corrected chi connectivity index (χ4v) is 6.05. The van der Waals surface area contributed by atoms with E-state index in [-0.39, 0.29) is 30.0 Å². The van der Waals surface area contributed by atoms with Gasteiger partial charge in [-0.3, -0.25) is 9.69 Å². The topological polar surface area (TPSA) is 54.4 Å². The SMILES string of the molecule is CN(C)CCN1CCN(C2=Nc3ccccc3C(CC(=O)NCc3ccc(F)cc3)N2c2ccc(-c3ccc(F)cc3)cc2)CC1. The van der Waals surface area contributed by atoms with Crippen LogP contribution in [0.5, 0.6) is 0 Å². The number of likely N-dealkylation sites (N-methyl/N-ethyl adjacent to an activating group) is 1. The summed E-state index contributed by atoms with van der Waals surface area (Å²) >= 11 is 0. The van der Waals surface area contributed by atoms with Gasteiger partial charge >= 0.3 is 0 Å². The van der Waals surface area contributed by atoms with Crippen molar-refractivity contribution in [2.24, 2.45) is 4.99 Å². The van der Waals surface area contributed by atoms with Gasteiger partial charge in [0.1, 0.15) is 11.6 Å². The summed E-state index contributed by atoms with van der Waals surface area (Å²) in [5, 5.41) is 3.04. The minimum atomic E-state index is -0.305. The summed E-state index contributed by atoms with van der Waals surface area (Å²) in [6.45, 7) is 5.83. The molecule has 7 nitrogen and oxygen atoms in total. The van der Waals surface area contributed by atoms with Crippen molar-refractivity contribution in [3.8, 4) is 11.1 Å². The van der Waals surface area contributed by atoms with Crippen molar-refractivity contribution < 1.29 is 13.6 Å². The smallest absolute Gasteiger partial charge is 0.222 e. The third-order valence-corrected chi connectivity index (χ3v) is 8.67. The first-order chi connectivity index (χ1) is 22.3. The van der Waals surface area contributed by atoms with Gasteiger partial charge in [-0.25, -0.2) is 13.8 Å². The molecule has 1 atom stereocenters. The van der Waals surface area contributed by atoms with Crippen LogP contribution in [-0.2, 0) is 11.3 Å². The Morgan fingerprint density at radius 1 is 0.826 bits per heavy atom. The number of carbonyl (C=O) groups excluding carboxylic acids is 1. The zero-order valence-corrected chi connectivity index (χ0v) is 26.4. The van der Waals surface area contributed by atoms with E-state index in [1.165, 1.54) is 24.3 Å². The van der Waals surface area contributed by atoms with E-state index in [0.29, 0.717) is 6.54 Å². The van der Waals surface area contributed by atoms with E-state index in [2.05, 4.69) is 51.1 Å². The summed E-state index contributed by atoms with van der Waals surface area (Å²) in [7, 11) is 4.19. The zero-order chi connectivity index (χ0) is 32.0. The van der Waals surface area contributed by atoms with E-state index < -0.39 is 0 Å². The number of para-hydroxylation sites is 1. The van der Waals surface area contributed by atoms with Crippen molar-refractivity contribution in [2.75, 3.05) is 58.3 Å².